The van der Waals surface area contributed by atoms with E-state index in [1.165, 1.54) is 49.9 Å². The van der Waals surface area contributed by atoms with E-state index < -0.39 is 0 Å². The summed E-state index contributed by atoms with van der Waals surface area (Å²) in [6.07, 6.45) is 12.4. The molecule has 1 amide bonds. The topological polar surface area (TPSA) is 64.6 Å². The third-order valence-corrected chi connectivity index (χ3v) is 11.7. The fourth-order valence-corrected chi connectivity index (χ4v) is 9.94. The predicted octanol–water partition coefficient (Wildman–Crippen LogP) is 6.41. The van der Waals surface area contributed by atoms with Crippen LogP contribution in [0.4, 0.5) is 0 Å². The van der Waals surface area contributed by atoms with Crippen molar-refractivity contribution in [2.45, 2.75) is 118 Å². The second-order valence-corrected chi connectivity index (χ2v) is 13.8. The highest BCUT2D eigenvalue weighted by Crippen LogP contribution is 2.69. The molecule has 0 aromatic rings. The average molecular weight is 500 g/mol. The first-order chi connectivity index (χ1) is 17.0. The fourth-order valence-electron chi connectivity index (χ4n) is 9.94. The van der Waals surface area contributed by atoms with Crippen LogP contribution in [-0.2, 0) is 19.1 Å². The van der Waals surface area contributed by atoms with Crippen LogP contribution in [0.5, 0.6) is 0 Å². The van der Waals surface area contributed by atoms with Crippen LogP contribution in [0.3, 0.4) is 0 Å². The molecule has 0 radical (unpaired) electrons. The van der Waals surface area contributed by atoms with Gasteiger partial charge in [0.15, 0.2) is 0 Å². The summed E-state index contributed by atoms with van der Waals surface area (Å²) in [6.45, 7) is 13.6. The molecular weight excluding hydrogens is 450 g/mol. The lowest BCUT2D eigenvalue weighted by Crippen LogP contribution is -2.54. The molecule has 0 aromatic heterocycles. The number of hydrogen-bond donors (Lipinski definition) is 1. The van der Waals surface area contributed by atoms with E-state index in [9.17, 15) is 9.59 Å². The molecule has 4 saturated carbocycles. The molecule has 0 saturated heterocycles. The molecule has 0 aromatic carbocycles. The molecule has 4 aliphatic carbocycles. The van der Waals surface area contributed by atoms with Crippen molar-refractivity contribution >= 4 is 11.9 Å². The van der Waals surface area contributed by atoms with E-state index in [1.807, 2.05) is 0 Å². The molecular formula is C31H49NO4. The highest BCUT2D eigenvalue weighted by atomic mass is 16.5. The molecule has 5 aliphatic rings. The highest BCUT2D eigenvalue weighted by Gasteiger charge is 2.64. The van der Waals surface area contributed by atoms with Gasteiger partial charge in [-0.15, -0.1) is 0 Å². The number of hydrogen-bond acceptors (Lipinski definition) is 4. The first-order valence-electron chi connectivity index (χ1n) is 14.8. The zero-order chi connectivity index (χ0) is 25.8. The van der Waals surface area contributed by atoms with E-state index in [0.717, 1.165) is 50.0 Å². The van der Waals surface area contributed by atoms with Crippen LogP contribution in [0.1, 0.15) is 106 Å². The number of fused-ring (bicyclic) bond motifs is 7. The number of esters is 1. The maximum atomic E-state index is 11.6. The Hall–Kier alpha value is -1.52. The van der Waals surface area contributed by atoms with Crippen LogP contribution < -0.4 is 5.32 Å². The van der Waals surface area contributed by atoms with Gasteiger partial charge in [-0.25, -0.2) is 0 Å². The van der Waals surface area contributed by atoms with Crippen molar-refractivity contribution in [1.29, 1.82) is 0 Å². The van der Waals surface area contributed by atoms with Crippen molar-refractivity contribution in [3.63, 3.8) is 0 Å². The van der Waals surface area contributed by atoms with Crippen molar-refractivity contribution in [1.82, 2.24) is 5.32 Å². The zero-order valence-electron chi connectivity index (χ0n) is 23.5. The normalized spacial score (nSPS) is 44.0. The SMILES string of the molecule is CC(=O)NCC(C)CCC1=C(C)C2C(CC3C4CCC5CC(OC(C)=O)CCC5(C)C4CCC32C)O1. The van der Waals surface area contributed by atoms with Gasteiger partial charge in [-0.3, -0.25) is 9.59 Å². The molecule has 0 spiro atoms. The first kappa shape index (κ1) is 26.1. The summed E-state index contributed by atoms with van der Waals surface area (Å²) in [5, 5.41) is 2.96. The van der Waals surface area contributed by atoms with Crippen molar-refractivity contribution in [3.8, 4) is 0 Å². The summed E-state index contributed by atoms with van der Waals surface area (Å²) in [6, 6.07) is 0. The van der Waals surface area contributed by atoms with Gasteiger partial charge in [-0.2, -0.15) is 0 Å². The number of ether oxygens (including phenoxy) is 2. The van der Waals surface area contributed by atoms with Crippen LogP contribution in [0.25, 0.3) is 0 Å². The standard InChI is InChI=1S/C31H49NO4/c1-18(17-32-20(3)33)7-10-27-19(2)29-28(36-27)16-26-24-9-8-22-15-23(35-21(4)34)11-13-30(22,5)25(24)12-14-31(26,29)6/h18,22-26,28-29H,7-17H2,1-6H3,(H,32,33). The van der Waals surface area contributed by atoms with Gasteiger partial charge in [0.1, 0.15) is 12.2 Å². The molecule has 10 unspecified atom stereocenters. The Labute approximate surface area is 218 Å². The van der Waals surface area contributed by atoms with E-state index in [0.29, 0.717) is 34.7 Å². The van der Waals surface area contributed by atoms with Gasteiger partial charge in [-0.1, -0.05) is 20.8 Å². The van der Waals surface area contributed by atoms with E-state index in [1.54, 1.807) is 13.8 Å². The number of rotatable bonds is 6. The van der Waals surface area contributed by atoms with Crippen molar-refractivity contribution in [2.24, 2.45) is 46.3 Å². The average Bonchev–Trinajstić information content (AvgIpc) is 3.29. The summed E-state index contributed by atoms with van der Waals surface area (Å²) in [5.74, 6) is 5.32. The molecule has 4 fully saturated rings. The van der Waals surface area contributed by atoms with Gasteiger partial charge in [0.05, 0.1) is 5.76 Å². The second kappa shape index (κ2) is 9.66. The Morgan fingerprint density at radius 3 is 2.53 bits per heavy atom. The third kappa shape index (κ3) is 4.41. The van der Waals surface area contributed by atoms with Crippen LogP contribution in [0, 0.1) is 46.3 Å². The quantitative estimate of drug-likeness (QED) is 0.429. The third-order valence-electron chi connectivity index (χ3n) is 11.7. The van der Waals surface area contributed by atoms with Gasteiger partial charge in [-0.05, 0) is 111 Å². The summed E-state index contributed by atoms with van der Waals surface area (Å²) < 4.78 is 12.4. The largest absolute Gasteiger partial charge is 0.494 e. The first-order valence-corrected chi connectivity index (χ1v) is 14.8. The lowest BCUT2D eigenvalue weighted by molar-refractivity contribution is -0.159. The summed E-state index contributed by atoms with van der Waals surface area (Å²) in [4.78, 5) is 22.8. The van der Waals surface area contributed by atoms with Crippen LogP contribution >= 0.6 is 0 Å². The number of carbonyl (C=O) groups is 2. The Bertz CT molecular complexity index is 912. The molecule has 1 heterocycles. The Morgan fingerprint density at radius 1 is 1.06 bits per heavy atom. The van der Waals surface area contributed by atoms with Gasteiger partial charge in [0.2, 0.25) is 5.91 Å². The van der Waals surface area contributed by atoms with Gasteiger partial charge in [0, 0.05) is 32.7 Å². The highest BCUT2D eigenvalue weighted by molar-refractivity contribution is 5.72. The lowest BCUT2D eigenvalue weighted by atomic mass is 9.44. The van der Waals surface area contributed by atoms with Crippen molar-refractivity contribution in [3.05, 3.63) is 11.3 Å². The maximum absolute atomic E-state index is 11.6. The Morgan fingerprint density at radius 2 is 1.81 bits per heavy atom. The van der Waals surface area contributed by atoms with Gasteiger partial charge >= 0.3 is 5.97 Å². The Kier molecular flexibility index (Phi) is 7.00. The van der Waals surface area contributed by atoms with Crippen molar-refractivity contribution < 1.29 is 19.1 Å². The minimum Gasteiger partial charge on any atom is -0.494 e. The minimum atomic E-state index is -0.117. The molecule has 36 heavy (non-hydrogen) atoms. The maximum Gasteiger partial charge on any atom is 0.302 e. The van der Waals surface area contributed by atoms with Gasteiger partial charge < -0.3 is 14.8 Å². The minimum absolute atomic E-state index is 0.0544. The molecule has 1 aliphatic heterocycles. The molecule has 5 rings (SSSR count). The molecule has 202 valence electrons. The summed E-state index contributed by atoms with van der Waals surface area (Å²) >= 11 is 0. The summed E-state index contributed by atoms with van der Waals surface area (Å²) in [5.41, 5.74) is 2.29. The zero-order valence-corrected chi connectivity index (χ0v) is 23.5. The molecule has 5 nitrogen and oxygen atoms in total. The number of nitrogens with one attached hydrogen (secondary N) is 1. The van der Waals surface area contributed by atoms with E-state index >= 15 is 0 Å². The lowest BCUT2D eigenvalue weighted by Gasteiger charge is -2.61. The molecule has 10 atom stereocenters. The van der Waals surface area contributed by atoms with E-state index in [2.05, 4.69) is 33.0 Å². The van der Waals surface area contributed by atoms with E-state index in [4.69, 9.17) is 9.47 Å². The predicted molar refractivity (Wildman–Crippen MR) is 141 cm³/mol. The molecule has 0 bridgehead atoms. The van der Waals surface area contributed by atoms with Crippen LogP contribution in [0.15, 0.2) is 11.3 Å². The fraction of sp³-hybridized carbons (Fsp3) is 0.871. The number of amides is 1. The van der Waals surface area contributed by atoms with Gasteiger partial charge in [0.25, 0.3) is 0 Å². The van der Waals surface area contributed by atoms with E-state index in [-0.39, 0.29) is 18.0 Å². The monoisotopic (exact) mass is 499 g/mol. The molecule has 5 heteroatoms. The number of carbonyl (C=O) groups excluding carboxylic acids is 2. The van der Waals surface area contributed by atoms with Crippen LogP contribution in [-0.4, -0.2) is 30.6 Å². The van der Waals surface area contributed by atoms with Crippen LogP contribution in [0.2, 0.25) is 0 Å². The number of allylic oxidation sites excluding steroid dienone is 1. The smallest absolute Gasteiger partial charge is 0.302 e. The Balaban J connectivity index is 1.26. The molecule has 1 N–H and O–H groups in total. The summed E-state index contributed by atoms with van der Waals surface area (Å²) in [7, 11) is 0. The van der Waals surface area contributed by atoms with Crippen molar-refractivity contribution in [2.75, 3.05) is 6.54 Å². The second-order valence-electron chi connectivity index (χ2n) is 13.8.